The van der Waals surface area contributed by atoms with Gasteiger partial charge in [0.1, 0.15) is 0 Å². The molecule has 114 valence electrons. The van der Waals surface area contributed by atoms with E-state index in [4.69, 9.17) is 4.52 Å². The third-order valence-electron chi connectivity index (χ3n) is 3.58. The normalized spacial score (nSPS) is 21.6. The molecule has 0 saturated carbocycles. The van der Waals surface area contributed by atoms with E-state index in [0.717, 1.165) is 24.4 Å². The minimum atomic E-state index is -2.84. The first-order valence-corrected chi connectivity index (χ1v) is 8.88. The monoisotopic (exact) mass is 301 g/mol. The van der Waals surface area contributed by atoms with Gasteiger partial charge in [-0.3, -0.25) is 4.90 Å². The average molecular weight is 301 g/mol. The molecule has 6 nitrogen and oxygen atoms in total. The van der Waals surface area contributed by atoms with Crippen LogP contribution in [0.15, 0.2) is 10.6 Å². The standard InChI is InChI=1S/C13H23N3O3S/c1-3-5-14-8-11-7-13(19-15-11)9-16(2)12-4-6-20(17,18)10-12/h7,12,14H,3-6,8-10H2,1-2H3. The summed E-state index contributed by atoms with van der Waals surface area (Å²) < 4.78 is 28.3. The molecule has 2 heterocycles. The maximum atomic E-state index is 11.5. The van der Waals surface area contributed by atoms with Gasteiger partial charge in [0.25, 0.3) is 0 Å². The number of nitrogens with one attached hydrogen (secondary N) is 1. The molecule has 1 aromatic heterocycles. The molecular formula is C13H23N3O3S. The third-order valence-corrected chi connectivity index (χ3v) is 5.33. The van der Waals surface area contributed by atoms with Gasteiger partial charge in [-0.25, -0.2) is 8.42 Å². The SMILES string of the molecule is CCCNCc1cc(CN(C)C2CCS(=O)(=O)C2)on1. The number of sulfone groups is 1. The molecule has 1 aliphatic rings. The van der Waals surface area contributed by atoms with Gasteiger partial charge < -0.3 is 9.84 Å². The maximum Gasteiger partial charge on any atom is 0.151 e. The van der Waals surface area contributed by atoms with Crippen LogP contribution in [0, 0.1) is 0 Å². The zero-order chi connectivity index (χ0) is 14.6. The summed E-state index contributed by atoms with van der Waals surface area (Å²) in [5.74, 6) is 1.33. The molecule has 0 spiro atoms. The van der Waals surface area contributed by atoms with Crippen molar-refractivity contribution in [2.45, 2.75) is 38.9 Å². The fourth-order valence-electron chi connectivity index (χ4n) is 2.40. The van der Waals surface area contributed by atoms with Crippen molar-refractivity contribution in [1.29, 1.82) is 0 Å². The van der Waals surface area contributed by atoms with E-state index in [1.165, 1.54) is 0 Å². The molecule has 1 N–H and O–H groups in total. The molecule has 0 bridgehead atoms. The van der Waals surface area contributed by atoms with Crippen molar-refractivity contribution in [3.8, 4) is 0 Å². The Hall–Kier alpha value is -0.920. The minimum absolute atomic E-state index is 0.0896. The van der Waals surface area contributed by atoms with E-state index < -0.39 is 9.84 Å². The predicted molar refractivity (Wildman–Crippen MR) is 77.0 cm³/mol. The second-order valence-electron chi connectivity index (χ2n) is 5.43. The fraction of sp³-hybridized carbons (Fsp3) is 0.769. The van der Waals surface area contributed by atoms with Crippen molar-refractivity contribution in [2.24, 2.45) is 0 Å². The molecular weight excluding hydrogens is 278 g/mol. The van der Waals surface area contributed by atoms with Crippen LogP contribution in [-0.4, -0.2) is 49.6 Å². The Morgan fingerprint density at radius 3 is 3.00 bits per heavy atom. The summed E-state index contributed by atoms with van der Waals surface area (Å²) in [5.41, 5.74) is 0.890. The number of hydrogen-bond acceptors (Lipinski definition) is 6. The van der Waals surface area contributed by atoms with Crippen molar-refractivity contribution in [3.05, 3.63) is 17.5 Å². The van der Waals surface area contributed by atoms with Crippen molar-refractivity contribution in [2.75, 3.05) is 25.1 Å². The highest BCUT2D eigenvalue weighted by Crippen LogP contribution is 2.18. The van der Waals surface area contributed by atoms with Gasteiger partial charge in [0.2, 0.25) is 0 Å². The van der Waals surface area contributed by atoms with Crippen LogP contribution in [0.25, 0.3) is 0 Å². The van der Waals surface area contributed by atoms with Gasteiger partial charge in [-0.1, -0.05) is 12.1 Å². The summed E-state index contributed by atoms with van der Waals surface area (Å²) in [6.45, 7) is 4.38. The quantitative estimate of drug-likeness (QED) is 0.751. The molecule has 7 heteroatoms. The lowest BCUT2D eigenvalue weighted by Gasteiger charge is -2.21. The van der Waals surface area contributed by atoms with Crippen molar-refractivity contribution in [3.63, 3.8) is 0 Å². The van der Waals surface area contributed by atoms with Crippen LogP contribution in [0.2, 0.25) is 0 Å². The number of aromatic nitrogens is 1. The molecule has 20 heavy (non-hydrogen) atoms. The highest BCUT2D eigenvalue weighted by atomic mass is 32.2. The minimum Gasteiger partial charge on any atom is -0.360 e. The van der Waals surface area contributed by atoms with Gasteiger partial charge in [0.15, 0.2) is 15.6 Å². The van der Waals surface area contributed by atoms with Crippen LogP contribution < -0.4 is 5.32 Å². The summed E-state index contributed by atoms with van der Waals surface area (Å²) in [6.07, 6.45) is 1.79. The van der Waals surface area contributed by atoms with Crippen LogP contribution in [0.4, 0.5) is 0 Å². The van der Waals surface area contributed by atoms with Crippen molar-refractivity contribution in [1.82, 2.24) is 15.4 Å². The predicted octanol–water partition coefficient (Wildman–Crippen LogP) is 0.793. The van der Waals surface area contributed by atoms with E-state index >= 15 is 0 Å². The molecule has 0 radical (unpaired) electrons. The van der Waals surface area contributed by atoms with Crippen molar-refractivity contribution >= 4 is 9.84 Å². The average Bonchev–Trinajstić information content (AvgIpc) is 2.96. The molecule has 1 unspecified atom stereocenters. The molecule has 1 saturated heterocycles. The zero-order valence-electron chi connectivity index (χ0n) is 12.1. The lowest BCUT2D eigenvalue weighted by molar-refractivity contribution is 0.222. The molecule has 0 amide bonds. The Labute approximate surface area is 120 Å². The molecule has 1 atom stereocenters. The van der Waals surface area contributed by atoms with Crippen LogP contribution in [-0.2, 0) is 22.9 Å². The Morgan fingerprint density at radius 2 is 2.35 bits per heavy atom. The second-order valence-corrected chi connectivity index (χ2v) is 7.66. The fourth-order valence-corrected chi connectivity index (χ4v) is 4.21. The summed E-state index contributed by atoms with van der Waals surface area (Å²) in [6, 6.07) is 2.02. The number of hydrogen-bond donors (Lipinski definition) is 1. The zero-order valence-corrected chi connectivity index (χ0v) is 12.9. The molecule has 0 aliphatic carbocycles. The Bertz CT molecular complexity index is 527. The number of nitrogens with zero attached hydrogens (tertiary/aromatic N) is 2. The first-order valence-electron chi connectivity index (χ1n) is 7.06. The molecule has 2 rings (SSSR count). The number of rotatable bonds is 7. The van der Waals surface area contributed by atoms with Crippen LogP contribution in [0.3, 0.4) is 0 Å². The van der Waals surface area contributed by atoms with Crippen LogP contribution >= 0.6 is 0 Å². The van der Waals surface area contributed by atoms with Crippen LogP contribution in [0.1, 0.15) is 31.2 Å². The summed E-state index contributed by atoms with van der Waals surface area (Å²) in [7, 11) is -0.907. The van der Waals surface area contributed by atoms with Crippen LogP contribution in [0.5, 0.6) is 0 Å². The van der Waals surface area contributed by atoms with E-state index in [1.54, 1.807) is 0 Å². The molecule has 0 aromatic carbocycles. The maximum absolute atomic E-state index is 11.5. The Kier molecular flexibility index (Phi) is 5.17. The van der Waals surface area contributed by atoms with Gasteiger partial charge in [-0.05, 0) is 26.4 Å². The Morgan fingerprint density at radius 1 is 1.55 bits per heavy atom. The van der Waals surface area contributed by atoms with Gasteiger partial charge in [-0.15, -0.1) is 0 Å². The topological polar surface area (TPSA) is 75.4 Å². The van der Waals surface area contributed by atoms with Crippen molar-refractivity contribution < 1.29 is 12.9 Å². The van der Waals surface area contributed by atoms with Gasteiger partial charge in [-0.2, -0.15) is 0 Å². The lowest BCUT2D eigenvalue weighted by Crippen LogP contribution is -2.31. The van der Waals surface area contributed by atoms with E-state index in [1.807, 2.05) is 18.0 Å². The first-order chi connectivity index (χ1) is 9.50. The van der Waals surface area contributed by atoms with E-state index in [0.29, 0.717) is 25.3 Å². The summed E-state index contributed by atoms with van der Waals surface area (Å²) in [5, 5.41) is 7.28. The largest absolute Gasteiger partial charge is 0.360 e. The highest BCUT2D eigenvalue weighted by Gasteiger charge is 2.30. The molecule has 1 aromatic rings. The van der Waals surface area contributed by atoms with E-state index in [-0.39, 0.29) is 11.8 Å². The third kappa shape index (κ3) is 4.29. The van der Waals surface area contributed by atoms with Gasteiger partial charge >= 0.3 is 0 Å². The molecule has 1 fully saturated rings. The highest BCUT2D eigenvalue weighted by molar-refractivity contribution is 7.91. The second kappa shape index (κ2) is 6.69. The summed E-state index contributed by atoms with van der Waals surface area (Å²) in [4.78, 5) is 2.04. The van der Waals surface area contributed by atoms with E-state index in [9.17, 15) is 8.42 Å². The first kappa shape index (κ1) is 15.5. The van der Waals surface area contributed by atoms with Gasteiger partial charge in [0, 0.05) is 18.7 Å². The summed E-state index contributed by atoms with van der Waals surface area (Å²) >= 11 is 0. The van der Waals surface area contributed by atoms with Gasteiger partial charge in [0.05, 0.1) is 23.7 Å². The smallest absolute Gasteiger partial charge is 0.151 e. The molecule has 1 aliphatic heterocycles. The lowest BCUT2D eigenvalue weighted by atomic mass is 10.2. The Balaban J connectivity index is 1.84. The van der Waals surface area contributed by atoms with E-state index in [2.05, 4.69) is 17.4 Å².